The first-order valence-corrected chi connectivity index (χ1v) is 8.81. The van der Waals surface area contributed by atoms with Crippen LogP contribution in [0.3, 0.4) is 0 Å². The van der Waals surface area contributed by atoms with Gasteiger partial charge in [0.2, 0.25) is 0 Å². The Balaban J connectivity index is 1.36. The van der Waals surface area contributed by atoms with E-state index in [1.165, 1.54) is 0 Å². The number of hydrogen-bond acceptors (Lipinski definition) is 7. The lowest BCUT2D eigenvalue weighted by atomic mass is 10.2. The van der Waals surface area contributed by atoms with Crippen molar-refractivity contribution >= 4 is 5.82 Å². The van der Waals surface area contributed by atoms with E-state index in [4.69, 9.17) is 4.42 Å². The third-order valence-corrected chi connectivity index (χ3v) is 4.58. The summed E-state index contributed by atoms with van der Waals surface area (Å²) in [7, 11) is 0. The molecule has 7 nitrogen and oxygen atoms in total. The Morgan fingerprint density at radius 1 is 1.00 bits per heavy atom. The fraction of sp³-hybridized carbons (Fsp3) is 0.368. The Labute approximate surface area is 152 Å². The van der Waals surface area contributed by atoms with Crippen molar-refractivity contribution in [3.05, 3.63) is 53.9 Å². The predicted octanol–water partition coefficient (Wildman–Crippen LogP) is 2.47. The van der Waals surface area contributed by atoms with Crippen molar-refractivity contribution in [2.45, 2.75) is 20.4 Å². The lowest BCUT2D eigenvalue weighted by Crippen LogP contribution is -2.46. The van der Waals surface area contributed by atoms with Crippen LogP contribution in [0.4, 0.5) is 5.82 Å². The van der Waals surface area contributed by atoms with Gasteiger partial charge in [-0.2, -0.15) is 0 Å². The molecule has 0 radical (unpaired) electrons. The number of hydrogen-bond donors (Lipinski definition) is 0. The van der Waals surface area contributed by atoms with Gasteiger partial charge in [0.15, 0.2) is 11.6 Å². The first-order chi connectivity index (χ1) is 12.7. The van der Waals surface area contributed by atoms with Crippen molar-refractivity contribution in [1.82, 2.24) is 24.8 Å². The van der Waals surface area contributed by atoms with E-state index in [0.29, 0.717) is 11.6 Å². The van der Waals surface area contributed by atoms with Crippen LogP contribution in [0.2, 0.25) is 0 Å². The molecular weight excluding hydrogens is 328 g/mol. The summed E-state index contributed by atoms with van der Waals surface area (Å²) in [6.45, 7) is 8.72. The molecule has 0 unspecified atom stereocenters. The van der Waals surface area contributed by atoms with Crippen LogP contribution >= 0.6 is 0 Å². The van der Waals surface area contributed by atoms with Crippen LogP contribution < -0.4 is 4.90 Å². The molecule has 0 atom stereocenters. The minimum absolute atomic E-state index is 0.622. The van der Waals surface area contributed by atoms with E-state index in [1.54, 1.807) is 6.26 Å². The van der Waals surface area contributed by atoms with Crippen LogP contribution in [0.25, 0.3) is 11.6 Å². The predicted molar refractivity (Wildman–Crippen MR) is 98.7 cm³/mol. The van der Waals surface area contributed by atoms with Crippen molar-refractivity contribution in [3.8, 4) is 11.6 Å². The largest absolute Gasteiger partial charge is 0.461 e. The Kier molecular flexibility index (Phi) is 4.62. The molecular formula is C19H22N6O. The van der Waals surface area contributed by atoms with Gasteiger partial charge in [0.05, 0.1) is 17.7 Å². The molecule has 0 bridgehead atoms. The second kappa shape index (κ2) is 7.21. The number of aromatic nitrogens is 4. The summed E-state index contributed by atoms with van der Waals surface area (Å²) in [4.78, 5) is 22.6. The fourth-order valence-corrected chi connectivity index (χ4v) is 3.17. The highest BCUT2D eigenvalue weighted by Crippen LogP contribution is 2.19. The average Bonchev–Trinajstić information content (AvgIpc) is 3.20. The fourth-order valence-electron chi connectivity index (χ4n) is 3.17. The zero-order valence-corrected chi connectivity index (χ0v) is 15.1. The highest BCUT2D eigenvalue weighted by Gasteiger charge is 2.20. The van der Waals surface area contributed by atoms with Crippen molar-refractivity contribution in [3.63, 3.8) is 0 Å². The zero-order valence-electron chi connectivity index (χ0n) is 15.1. The van der Waals surface area contributed by atoms with Gasteiger partial charge in [-0.05, 0) is 26.0 Å². The molecule has 134 valence electrons. The molecule has 0 amide bonds. The van der Waals surface area contributed by atoms with Crippen LogP contribution in [-0.2, 0) is 6.54 Å². The lowest BCUT2D eigenvalue weighted by molar-refractivity contribution is 0.248. The number of furan rings is 1. The maximum absolute atomic E-state index is 5.33. The van der Waals surface area contributed by atoms with Gasteiger partial charge in [0.25, 0.3) is 0 Å². The average molecular weight is 350 g/mol. The monoisotopic (exact) mass is 350 g/mol. The minimum Gasteiger partial charge on any atom is -0.461 e. The molecule has 1 aliphatic rings. The number of aryl methyl sites for hydroxylation is 2. The molecule has 1 saturated heterocycles. The molecule has 7 heteroatoms. The van der Waals surface area contributed by atoms with Crippen molar-refractivity contribution in [2.75, 3.05) is 31.1 Å². The number of piperazine rings is 1. The first kappa shape index (κ1) is 16.7. The van der Waals surface area contributed by atoms with Crippen LogP contribution in [0.5, 0.6) is 0 Å². The minimum atomic E-state index is 0.622. The lowest BCUT2D eigenvalue weighted by Gasteiger charge is -2.35. The summed E-state index contributed by atoms with van der Waals surface area (Å²) < 4.78 is 5.33. The zero-order chi connectivity index (χ0) is 17.9. The SMILES string of the molecule is Cc1cnc(C)c(N2CCN(Cc3cnc(-c4ccco4)nc3)CC2)n1. The molecule has 3 aromatic rings. The Bertz CT molecular complexity index is 854. The first-order valence-electron chi connectivity index (χ1n) is 8.81. The Morgan fingerprint density at radius 3 is 2.46 bits per heavy atom. The van der Waals surface area contributed by atoms with E-state index in [0.717, 1.165) is 55.5 Å². The normalized spacial score (nSPS) is 15.4. The second-order valence-corrected chi connectivity index (χ2v) is 6.58. The summed E-state index contributed by atoms with van der Waals surface area (Å²) in [6, 6.07) is 3.71. The molecule has 0 aliphatic carbocycles. The van der Waals surface area contributed by atoms with Gasteiger partial charge in [0.1, 0.15) is 5.82 Å². The highest BCUT2D eigenvalue weighted by atomic mass is 16.3. The van der Waals surface area contributed by atoms with Crippen molar-refractivity contribution in [1.29, 1.82) is 0 Å². The summed E-state index contributed by atoms with van der Waals surface area (Å²) in [5.74, 6) is 2.33. The quantitative estimate of drug-likeness (QED) is 0.716. The van der Waals surface area contributed by atoms with Gasteiger partial charge in [-0.25, -0.2) is 15.0 Å². The number of rotatable bonds is 4. The van der Waals surface area contributed by atoms with Gasteiger partial charge in [-0.1, -0.05) is 0 Å². The van der Waals surface area contributed by atoms with Crippen LogP contribution in [-0.4, -0.2) is 51.0 Å². The van der Waals surface area contributed by atoms with Gasteiger partial charge >= 0.3 is 0 Å². The van der Waals surface area contributed by atoms with E-state index in [9.17, 15) is 0 Å². The van der Waals surface area contributed by atoms with Gasteiger partial charge in [-0.15, -0.1) is 0 Å². The Morgan fingerprint density at radius 2 is 1.77 bits per heavy atom. The van der Waals surface area contributed by atoms with Crippen molar-refractivity contribution in [2.24, 2.45) is 0 Å². The van der Waals surface area contributed by atoms with Crippen LogP contribution in [0.15, 0.2) is 41.4 Å². The summed E-state index contributed by atoms with van der Waals surface area (Å²) in [5.41, 5.74) is 3.06. The second-order valence-electron chi connectivity index (χ2n) is 6.58. The topological polar surface area (TPSA) is 71.2 Å². The number of anilines is 1. The molecule has 4 heterocycles. The molecule has 0 spiro atoms. The molecule has 26 heavy (non-hydrogen) atoms. The molecule has 0 N–H and O–H groups in total. The van der Waals surface area contributed by atoms with E-state index in [1.807, 2.05) is 44.6 Å². The van der Waals surface area contributed by atoms with E-state index >= 15 is 0 Å². The summed E-state index contributed by atoms with van der Waals surface area (Å²) in [5, 5.41) is 0. The van der Waals surface area contributed by atoms with E-state index in [-0.39, 0.29) is 0 Å². The standard InChI is InChI=1S/C19H22N6O/c1-14-10-20-15(2)19(23-14)25-7-5-24(6-8-25)13-16-11-21-18(22-12-16)17-4-3-9-26-17/h3-4,9-12H,5-8,13H2,1-2H3. The van der Waals surface area contributed by atoms with Gasteiger partial charge in [-0.3, -0.25) is 9.88 Å². The van der Waals surface area contributed by atoms with Crippen LogP contribution in [0, 0.1) is 13.8 Å². The maximum atomic E-state index is 5.33. The van der Waals surface area contributed by atoms with E-state index in [2.05, 4.69) is 29.7 Å². The molecule has 1 fully saturated rings. The van der Waals surface area contributed by atoms with Crippen LogP contribution in [0.1, 0.15) is 17.0 Å². The highest BCUT2D eigenvalue weighted by molar-refractivity contribution is 5.45. The maximum Gasteiger partial charge on any atom is 0.195 e. The molecule has 1 aliphatic heterocycles. The summed E-state index contributed by atoms with van der Waals surface area (Å²) in [6.07, 6.45) is 7.22. The molecule has 0 aromatic carbocycles. The molecule has 0 saturated carbocycles. The van der Waals surface area contributed by atoms with Crippen molar-refractivity contribution < 1.29 is 4.42 Å². The Hall–Kier alpha value is -2.80. The molecule has 3 aromatic heterocycles. The number of nitrogens with zero attached hydrogens (tertiary/aromatic N) is 6. The molecule has 4 rings (SSSR count). The van der Waals surface area contributed by atoms with Gasteiger partial charge < -0.3 is 9.32 Å². The smallest absolute Gasteiger partial charge is 0.195 e. The summed E-state index contributed by atoms with van der Waals surface area (Å²) >= 11 is 0. The van der Waals surface area contributed by atoms with Gasteiger partial charge in [0, 0.05) is 56.9 Å². The van der Waals surface area contributed by atoms with E-state index < -0.39 is 0 Å². The third-order valence-electron chi connectivity index (χ3n) is 4.58. The third kappa shape index (κ3) is 3.57.